The number of para-hydroxylation sites is 1. The molecule has 0 spiro atoms. The third kappa shape index (κ3) is 3.13. The number of aliphatic hydroxyl groups is 1. The summed E-state index contributed by atoms with van der Waals surface area (Å²) in [6.07, 6.45) is 7.05. The van der Waals surface area contributed by atoms with Gasteiger partial charge in [-0.25, -0.2) is 4.98 Å². The summed E-state index contributed by atoms with van der Waals surface area (Å²) < 4.78 is 2.31. The van der Waals surface area contributed by atoms with Crippen LogP contribution >= 0.6 is 0 Å². The first kappa shape index (κ1) is 16.0. The van der Waals surface area contributed by atoms with E-state index in [1.165, 1.54) is 12.8 Å². The highest BCUT2D eigenvalue weighted by atomic mass is 16.3. The maximum absolute atomic E-state index is 10.6. The van der Waals surface area contributed by atoms with Crippen LogP contribution in [0.4, 0.5) is 0 Å². The van der Waals surface area contributed by atoms with E-state index in [-0.39, 0.29) is 12.0 Å². The third-order valence-electron chi connectivity index (χ3n) is 5.66. The van der Waals surface area contributed by atoms with Crippen molar-refractivity contribution in [1.29, 1.82) is 0 Å². The van der Waals surface area contributed by atoms with E-state index in [4.69, 9.17) is 4.98 Å². The summed E-state index contributed by atoms with van der Waals surface area (Å²) in [7, 11) is 0. The van der Waals surface area contributed by atoms with Gasteiger partial charge in [-0.15, -0.1) is 0 Å². The van der Waals surface area contributed by atoms with Crippen molar-refractivity contribution in [1.82, 2.24) is 19.4 Å². The van der Waals surface area contributed by atoms with Gasteiger partial charge >= 0.3 is 0 Å². The van der Waals surface area contributed by atoms with Crippen LogP contribution in [0.3, 0.4) is 0 Å². The molecule has 3 heterocycles. The van der Waals surface area contributed by atoms with Gasteiger partial charge in [0.15, 0.2) is 0 Å². The summed E-state index contributed by atoms with van der Waals surface area (Å²) in [5.41, 5.74) is 2.09. The van der Waals surface area contributed by atoms with Crippen LogP contribution in [0.2, 0.25) is 0 Å². The lowest BCUT2D eigenvalue weighted by atomic mass is 9.99. The lowest BCUT2D eigenvalue weighted by Crippen LogP contribution is -2.23. The molecule has 3 aromatic rings. The second-order valence-electron chi connectivity index (χ2n) is 7.70. The Morgan fingerprint density at radius 1 is 1.08 bits per heavy atom. The average Bonchev–Trinajstić information content (AvgIpc) is 3.30. The Hall–Kier alpha value is -2.24. The number of pyridine rings is 1. The highest BCUT2D eigenvalue weighted by Gasteiger charge is 2.33. The van der Waals surface area contributed by atoms with Crippen molar-refractivity contribution in [3.8, 4) is 0 Å². The normalized spacial score (nSPS) is 23.7. The number of aliphatic hydroxyl groups excluding tert-OH is 1. The molecule has 1 saturated carbocycles. The average molecular weight is 348 g/mol. The molecule has 2 atom stereocenters. The van der Waals surface area contributed by atoms with E-state index in [1.54, 1.807) is 0 Å². The molecule has 0 bridgehead atoms. The fourth-order valence-corrected chi connectivity index (χ4v) is 4.11. The fourth-order valence-electron chi connectivity index (χ4n) is 4.11. The van der Waals surface area contributed by atoms with Crippen molar-refractivity contribution in [2.75, 3.05) is 13.1 Å². The van der Waals surface area contributed by atoms with Gasteiger partial charge in [-0.3, -0.25) is 9.88 Å². The van der Waals surface area contributed by atoms with Crippen LogP contribution in [0, 0.1) is 5.92 Å². The van der Waals surface area contributed by atoms with Gasteiger partial charge in [0.2, 0.25) is 0 Å². The number of fused-ring (bicyclic) bond motifs is 1. The zero-order valence-corrected chi connectivity index (χ0v) is 14.8. The zero-order valence-electron chi connectivity index (χ0n) is 14.8. The summed E-state index contributed by atoms with van der Waals surface area (Å²) >= 11 is 0. The van der Waals surface area contributed by atoms with Crippen molar-refractivity contribution < 1.29 is 5.11 Å². The number of aromatic nitrogens is 3. The summed E-state index contributed by atoms with van der Waals surface area (Å²) in [4.78, 5) is 11.6. The highest BCUT2D eigenvalue weighted by molar-refractivity contribution is 5.78. The maximum Gasteiger partial charge on any atom is 0.123 e. The van der Waals surface area contributed by atoms with Gasteiger partial charge in [-0.2, -0.15) is 0 Å². The molecule has 26 heavy (non-hydrogen) atoms. The molecule has 2 aliphatic rings. The predicted molar refractivity (Wildman–Crippen MR) is 101 cm³/mol. The van der Waals surface area contributed by atoms with Gasteiger partial charge in [0.1, 0.15) is 5.82 Å². The number of rotatable bonds is 5. The van der Waals surface area contributed by atoms with Crippen LogP contribution in [-0.4, -0.2) is 43.7 Å². The third-order valence-corrected chi connectivity index (χ3v) is 5.66. The number of imidazole rings is 1. The molecule has 1 saturated heterocycles. The molecule has 0 radical (unpaired) electrons. The minimum Gasteiger partial charge on any atom is -0.391 e. The van der Waals surface area contributed by atoms with Gasteiger partial charge in [0.05, 0.1) is 18.2 Å². The van der Waals surface area contributed by atoms with Crippen LogP contribution in [0.1, 0.15) is 30.4 Å². The van der Waals surface area contributed by atoms with E-state index in [9.17, 15) is 5.11 Å². The van der Waals surface area contributed by atoms with E-state index < -0.39 is 0 Å². The second-order valence-corrected chi connectivity index (χ2v) is 7.70. The molecule has 134 valence electrons. The monoisotopic (exact) mass is 348 g/mol. The molecule has 5 rings (SSSR count). The lowest BCUT2D eigenvalue weighted by molar-refractivity contribution is 0.140. The first-order valence-corrected chi connectivity index (χ1v) is 9.53. The molecule has 0 amide bonds. The molecule has 5 nitrogen and oxygen atoms in total. The predicted octanol–water partition coefficient (Wildman–Crippen LogP) is 2.80. The van der Waals surface area contributed by atoms with Gasteiger partial charge in [0, 0.05) is 48.5 Å². The van der Waals surface area contributed by atoms with Gasteiger partial charge in [-0.05, 0) is 31.4 Å². The molecule has 1 aliphatic carbocycles. The van der Waals surface area contributed by atoms with E-state index in [0.717, 1.165) is 48.5 Å². The van der Waals surface area contributed by atoms with Crippen molar-refractivity contribution >= 4 is 10.9 Å². The Morgan fingerprint density at radius 2 is 1.96 bits per heavy atom. The highest BCUT2D eigenvalue weighted by Crippen LogP contribution is 2.36. The van der Waals surface area contributed by atoms with E-state index >= 15 is 0 Å². The number of nitrogens with zero attached hydrogens (tertiary/aromatic N) is 4. The Balaban J connectivity index is 1.27. The van der Waals surface area contributed by atoms with Crippen molar-refractivity contribution in [2.24, 2.45) is 5.92 Å². The Labute approximate surface area is 153 Å². The minimum atomic E-state index is -0.299. The Bertz CT molecular complexity index is 917. The van der Waals surface area contributed by atoms with Crippen LogP contribution in [0.25, 0.3) is 10.9 Å². The molecule has 0 unspecified atom stereocenters. The number of likely N-dealkylation sites (tertiary alicyclic amines) is 1. The SMILES string of the molecule is O[C@@H]1CN(Cc2nccn2C2CC2)C[C@H]1Cc1ccc2ccccc2n1. The van der Waals surface area contributed by atoms with Crippen molar-refractivity contribution in [3.05, 3.63) is 60.3 Å². The van der Waals surface area contributed by atoms with Crippen LogP contribution in [-0.2, 0) is 13.0 Å². The smallest absolute Gasteiger partial charge is 0.123 e. The van der Waals surface area contributed by atoms with Gasteiger partial charge in [-0.1, -0.05) is 24.3 Å². The van der Waals surface area contributed by atoms with Crippen molar-refractivity contribution in [3.63, 3.8) is 0 Å². The summed E-state index contributed by atoms with van der Waals surface area (Å²) in [5.74, 6) is 1.36. The summed E-state index contributed by atoms with van der Waals surface area (Å²) in [6.45, 7) is 2.44. The molecule has 2 fully saturated rings. The summed E-state index contributed by atoms with van der Waals surface area (Å²) in [5, 5.41) is 11.7. The van der Waals surface area contributed by atoms with Crippen molar-refractivity contribution in [2.45, 2.75) is 38.0 Å². The fraction of sp³-hybridized carbons (Fsp3) is 0.429. The first-order chi connectivity index (χ1) is 12.8. The standard InChI is InChI=1S/C21H24N4O/c26-20-13-24(14-21-22-9-10-25(21)18-7-8-18)12-16(20)11-17-6-5-15-3-1-2-4-19(15)23-17/h1-6,9-10,16,18,20,26H,7-8,11-14H2/t16-,20-/m1/s1. The van der Waals surface area contributed by atoms with E-state index in [1.807, 2.05) is 24.4 Å². The zero-order chi connectivity index (χ0) is 17.5. The number of hydrogen-bond donors (Lipinski definition) is 1. The molecule has 1 N–H and O–H groups in total. The second kappa shape index (κ2) is 6.49. The van der Waals surface area contributed by atoms with Crippen LogP contribution in [0.5, 0.6) is 0 Å². The Morgan fingerprint density at radius 3 is 2.85 bits per heavy atom. The molecule has 1 aliphatic heterocycles. The Kier molecular flexibility index (Phi) is 3.98. The minimum absolute atomic E-state index is 0.230. The van der Waals surface area contributed by atoms with Gasteiger partial charge in [0.25, 0.3) is 0 Å². The van der Waals surface area contributed by atoms with Gasteiger partial charge < -0.3 is 9.67 Å². The molecule has 2 aromatic heterocycles. The van der Waals surface area contributed by atoms with E-state index in [2.05, 4.69) is 38.8 Å². The largest absolute Gasteiger partial charge is 0.391 e. The molecule has 1 aromatic carbocycles. The quantitative estimate of drug-likeness (QED) is 0.770. The molecular formula is C21H24N4O. The van der Waals surface area contributed by atoms with Crippen LogP contribution in [0.15, 0.2) is 48.8 Å². The topological polar surface area (TPSA) is 54.2 Å². The number of β-amino-alcohol motifs (C(OH)–C–C–N with tert-alkyl or cyclic N) is 1. The van der Waals surface area contributed by atoms with Crippen LogP contribution < -0.4 is 0 Å². The van der Waals surface area contributed by atoms with E-state index in [0.29, 0.717) is 6.04 Å². The number of hydrogen-bond acceptors (Lipinski definition) is 4. The first-order valence-electron chi connectivity index (χ1n) is 9.53. The summed E-state index contributed by atoms with van der Waals surface area (Å²) in [6, 6.07) is 13.1. The molecule has 5 heteroatoms. The maximum atomic E-state index is 10.6. The number of benzene rings is 1. The molecular weight excluding hydrogens is 324 g/mol. The lowest BCUT2D eigenvalue weighted by Gasteiger charge is -2.16.